The van der Waals surface area contributed by atoms with Crippen molar-refractivity contribution < 1.29 is 0 Å². The van der Waals surface area contributed by atoms with Crippen molar-refractivity contribution >= 4 is 17.2 Å². The summed E-state index contributed by atoms with van der Waals surface area (Å²) in [4.78, 5) is 26.9. The zero-order chi connectivity index (χ0) is 13.1. The molecule has 0 aromatic carbocycles. The standard InChI is InChI=1S/C11H14N4O2S/c1-6(5-8-4-3-7(2)18-8)12-9-10(16)13-11(17)15-14-9/h3-4,6H,5H2,1-2H3,(H,12,14)(H2,13,15,16,17). The number of hydrogen-bond donors (Lipinski definition) is 3. The van der Waals surface area contributed by atoms with Crippen LogP contribution in [0.2, 0.25) is 0 Å². The minimum atomic E-state index is -0.605. The van der Waals surface area contributed by atoms with E-state index in [2.05, 4.69) is 39.6 Å². The smallest absolute Gasteiger partial charge is 0.342 e. The summed E-state index contributed by atoms with van der Waals surface area (Å²) in [6.45, 7) is 4.02. The van der Waals surface area contributed by atoms with Crippen LogP contribution in [0, 0.1) is 6.92 Å². The van der Waals surface area contributed by atoms with Crippen molar-refractivity contribution in [3.63, 3.8) is 0 Å². The largest absolute Gasteiger partial charge is 0.361 e. The summed E-state index contributed by atoms with van der Waals surface area (Å²) < 4.78 is 0. The number of anilines is 1. The van der Waals surface area contributed by atoms with E-state index in [0.717, 1.165) is 6.42 Å². The topological polar surface area (TPSA) is 90.6 Å². The Morgan fingerprint density at radius 1 is 1.44 bits per heavy atom. The van der Waals surface area contributed by atoms with Crippen molar-refractivity contribution in [3.8, 4) is 0 Å². The van der Waals surface area contributed by atoms with E-state index in [4.69, 9.17) is 0 Å². The fourth-order valence-corrected chi connectivity index (χ4v) is 2.65. The maximum atomic E-state index is 11.4. The third kappa shape index (κ3) is 3.07. The summed E-state index contributed by atoms with van der Waals surface area (Å²) in [6, 6.07) is 4.20. The highest BCUT2D eigenvalue weighted by atomic mass is 32.1. The van der Waals surface area contributed by atoms with Gasteiger partial charge in [0.05, 0.1) is 0 Å². The summed E-state index contributed by atoms with van der Waals surface area (Å²) in [5.74, 6) is 0.135. The highest BCUT2D eigenvalue weighted by Crippen LogP contribution is 2.17. The molecule has 3 N–H and O–H groups in total. The predicted molar refractivity (Wildman–Crippen MR) is 71.3 cm³/mol. The van der Waals surface area contributed by atoms with Crippen LogP contribution >= 0.6 is 11.3 Å². The van der Waals surface area contributed by atoms with Gasteiger partial charge in [-0.1, -0.05) is 0 Å². The van der Waals surface area contributed by atoms with E-state index in [1.54, 1.807) is 11.3 Å². The lowest BCUT2D eigenvalue weighted by Gasteiger charge is -2.11. The van der Waals surface area contributed by atoms with Crippen molar-refractivity contribution in [3.05, 3.63) is 42.7 Å². The van der Waals surface area contributed by atoms with Gasteiger partial charge in [0.2, 0.25) is 5.82 Å². The molecule has 0 aliphatic heterocycles. The molecule has 1 unspecified atom stereocenters. The number of hydrogen-bond acceptors (Lipinski definition) is 5. The highest BCUT2D eigenvalue weighted by molar-refractivity contribution is 7.11. The molecule has 96 valence electrons. The molecule has 2 heterocycles. The maximum Gasteiger partial charge on any atom is 0.342 e. The summed E-state index contributed by atoms with van der Waals surface area (Å²) in [7, 11) is 0. The first-order chi connectivity index (χ1) is 8.54. The Kier molecular flexibility index (Phi) is 3.61. The first-order valence-electron chi connectivity index (χ1n) is 5.55. The van der Waals surface area contributed by atoms with E-state index >= 15 is 0 Å². The number of aromatic nitrogens is 3. The molecule has 18 heavy (non-hydrogen) atoms. The Hall–Kier alpha value is -1.89. The Morgan fingerprint density at radius 3 is 2.83 bits per heavy atom. The molecular weight excluding hydrogens is 252 g/mol. The molecule has 2 aromatic rings. The maximum absolute atomic E-state index is 11.4. The molecule has 0 fully saturated rings. The van der Waals surface area contributed by atoms with Gasteiger partial charge in [-0.3, -0.25) is 9.78 Å². The van der Waals surface area contributed by atoms with E-state index in [0.29, 0.717) is 0 Å². The first kappa shape index (κ1) is 12.6. The Balaban J connectivity index is 2.05. The molecule has 6 nitrogen and oxygen atoms in total. The zero-order valence-corrected chi connectivity index (χ0v) is 10.9. The SMILES string of the molecule is Cc1ccc(CC(C)Nc2n[nH]c(=O)[nH]c2=O)s1. The van der Waals surface area contributed by atoms with Crippen LogP contribution in [0.15, 0.2) is 21.7 Å². The van der Waals surface area contributed by atoms with Gasteiger partial charge < -0.3 is 5.32 Å². The van der Waals surface area contributed by atoms with Gasteiger partial charge in [-0.25, -0.2) is 9.89 Å². The molecule has 0 amide bonds. The number of nitrogens with zero attached hydrogens (tertiary/aromatic N) is 1. The molecule has 0 saturated heterocycles. The molecule has 0 saturated carbocycles. The van der Waals surface area contributed by atoms with Crippen LogP contribution in [-0.2, 0) is 6.42 Å². The molecule has 0 spiro atoms. The van der Waals surface area contributed by atoms with Crippen molar-refractivity contribution in [1.82, 2.24) is 15.2 Å². The van der Waals surface area contributed by atoms with Gasteiger partial charge in [0, 0.05) is 22.2 Å². The Morgan fingerprint density at radius 2 is 2.22 bits per heavy atom. The second-order valence-corrected chi connectivity index (χ2v) is 5.49. The molecule has 0 radical (unpaired) electrons. The van der Waals surface area contributed by atoms with Crippen LogP contribution in [0.3, 0.4) is 0 Å². The molecule has 0 aliphatic rings. The van der Waals surface area contributed by atoms with Gasteiger partial charge in [-0.2, -0.15) is 0 Å². The fraction of sp³-hybridized carbons (Fsp3) is 0.364. The third-order valence-corrected chi connectivity index (χ3v) is 3.42. The fourth-order valence-electron chi connectivity index (χ4n) is 1.63. The van der Waals surface area contributed by atoms with Crippen LogP contribution in [0.25, 0.3) is 0 Å². The lowest BCUT2D eigenvalue weighted by Crippen LogP contribution is -2.30. The Labute approximate surface area is 107 Å². The summed E-state index contributed by atoms with van der Waals surface area (Å²) in [5.41, 5.74) is -1.11. The zero-order valence-electron chi connectivity index (χ0n) is 10.1. The van der Waals surface area contributed by atoms with E-state index in [-0.39, 0.29) is 11.9 Å². The summed E-state index contributed by atoms with van der Waals surface area (Å²) >= 11 is 1.73. The molecule has 0 bridgehead atoms. The van der Waals surface area contributed by atoms with Crippen molar-refractivity contribution in [1.29, 1.82) is 0 Å². The monoisotopic (exact) mass is 266 g/mol. The summed E-state index contributed by atoms with van der Waals surface area (Å²) in [5, 5.41) is 8.85. The summed E-state index contributed by atoms with van der Waals surface area (Å²) in [6.07, 6.45) is 0.804. The normalized spacial score (nSPS) is 12.3. The molecular formula is C11H14N4O2S. The quantitative estimate of drug-likeness (QED) is 0.766. The average Bonchev–Trinajstić information content (AvgIpc) is 2.68. The van der Waals surface area contributed by atoms with Crippen molar-refractivity contribution in [2.24, 2.45) is 0 Å². The van der Waals surface area contributed by atoms with Gasteiger partial charge in [0.15, 0.2) is 0 Å². The Bertz CT molecular complexity index is 643. The highest BCUT2D eigenvalue weighted by Gasteiger charge is 2.09. The van der Waals surface area contributed by atoms with Crippen LogP contribution in [0.1, 0.15) is 16.7 Å². The van der Waals surface area contributed by atoms with Crippen LogP contribution in [0.5, 0.6) is 0 Å². The number of thiophene rings is 1. The van der Waals surface area contributed by atoms with E-state index < -0.39 is 11.2 Å². The number of nitrogens with one attached hydrogen (secondary N) is 3. The minimum absolute atomic E-state index is 0.0579. The molecule has 0 aliphatic carbocycles. The van der Waals surface area contributed by atoms with Gasteiger partial charge in [0.1, 0.15) is 0 Å². The van der Waals surface area contributed by atoms with Gasteiger partial charge in [-0.05, 0) is 26.0 Å². The molecule has 2 aromatic heterocycles. The van der Waals surface area contributed by atoms with E-state index in [1.807, 2.05) is 6.92 Å². The lowest BCUT2D eigenvalue weighted by molar-refractivity contribution is 0.774. The van der Waals surface area contributed by atoms with E-state index in [9.17, 15) is 9.59 Å². The molecule has 1 atom stereocenters. The molecule has 7 heteroatoms. The number of rotatable bonds is 4. The number of H-pyrrole nitrogens is 2. The average molecular weight is 266 g/mol. The van der Waals surface area contributed by atoms with Crippen LogP contribution < -0.4 is 16.6 Å². The van der Waals surface area contributed by atoms with Crippen molar-refractivity contribution in [2.75, 3.05) is 5.32 Å². The lowest BCUT2D eigenvalue weighted by atomic mass is 10.2. The van der Waals surface area contributed by atoms with Crippen LogP contribution in [-0.4, -0.2) is 21.2 Å². The van der Waals surface area contributed by atoms with Gasteiger partial charge >= 0.3 is 5.69 Å². The van der Waals surface area contributed by atoms with Gasteiger partial charge in [0.25, 0.3) is 5.56 Å². The minimum Gasteiger partial charge on any atom is -0.361 e. The van der Waals surface area contributed by atoms with Crippen molar-refractivity contribution in [2.45, 2.75) is 26.3 Å². The number of aromatic amines is 2. The second-order valence-electron chi connectivity index (χ2n) is 4.12. The third-order valence-electron chi connectivity index (χ3n) is 2.40. The van der Waals surface area contributed by atoms with E-state index in [1.165, 1.54) is 9.75 Å². The first-order valence-corrected chi connectivity index (χ1v) is 6.37. The van der Waals surface area contributed by atoms with Gasteiger partial charge in [-0.15, -0.1) is 16.4 Å². The second kappa shape index (κ2) is 5.18. The van der Waals surface area contributed by atoms with Crippen LogP contribution in [0.4, 0.5) is 5.82 Å². The predicted octanol–water partition coefficient (Wildman–Crippen LogP) is 0.871. The molecule has 2 rings (SSSR count). The number of aryl methyl sites for hydroxylation is 1.